The summed E-state index contributed by atoms with van der Waals surface area (Å²) in [5.41, 5.74) is 0. The molecule has 0 aliphatic rings. The third-order valence-corrected chi connectivity index (χ3v) is 3.76. The van der Waals surface area contributed by atoms with Crippen LogP contribution in [0.15, 0.2) is 0 Å². The highest BCUT2D eigenvalue weighted by molar-refractivity contribution is 7.99. The highest BCUT2D eigenvalue weighted by Gasteiger charge is 2.00. The second-order valence-corrected chi connectivity index (χ2v) is 5.20. The van der Waals surface area contributed by atoms with Crippen LogP contribution in [0.2, 0.25) is 0 Å². The molecule has 0 heterocycles. The van der Waals surface area contributed by atoms with Crippen molar-refractivity contribution in [3.8, 4) is 0 Å². The van der Waals surface area contributed by atoms with Gasteiger partial charge in [-0.2, -0.15) is 11.8 Å². The van der Waals surface area contributed by atoms with E-state index in [1.54, 1.807) is 0 Å². The molecule has 2 nitrogen and oxygen atoms in total. The Morgan fingerprint density at radius 3 is 2.57 bits per heavy atom. The van der Waals surface area contributed by atoms with Gasteiger partial charge in [0.1, 0.15) is 0 Å². The molecule has 0 aromatic carbocycles. The van der Waals surface area contributed by atoms with Crippen LogP contribution in [0, 0.1) is 5.92 Å². The molecule has 0 rings (SSSR count). The van der Waals surface area contributed by atoms with Crippen LogP contribution in [0.3, 0.4) is 0 Å². The van der Waals surface area contributed by atoms with Crippen molar-refractivity contribution in [2.45, 2.75) is 39.2 Å². The van der Waals surface area contributed by atoms with Crippen molar-refractivity contribution in [1.29, 1.82) is 0 Å². The van der Waals surface area contributed by atoms with Crippen molar-refractivity contribution in [2.24, 2.45) is 5.92 Å². The van der Waals surface area contributed by atoms with Crippen LogP contribution in [-0.4, -0.2) is 36.3 Å². The van der Waals surface area contributed by atoms with Gasteiger partial charge >= 0.3 is 0 Å². The predicted octanol–water partition coefficient (Wildman–Crippen LogP) is 2.13. The molecule has 2 N–H and O–H groups in total. The number of hydrogen-bond acceptors (Lipinski definition) is 3. The fraction of sp³-hybridized carbons (Fsp3) is 1.00. The lowest BCUT2D eigenvalue weighted by Crippen LogP contribution is -2.20. The number of aliphatic hydroxyl groups is 1. The van der Waals surface area contributed by atoms with Crippen LogP contribution in [0.1, 0.15) is 33.1 Å². The lowest BCUT2D eigenvalue weighted by atomic mass is 10.1. The maximum atomic E-state index is 8.82. The molecule has 86 valence electrons. The summed E-state index contributed by atoms with van der Waals surface area (Å²) in [5, 5.41) is 12.1. The van der Waals surface area contributed by atoms with E-state index < -0.39 is 0 Å². The van der Waals surface area contributed by atoms with E-state index in [9.17, 15) is 0 Å². The number of hydrogen-bond donors (Lipinski definition) is 2. The SMILES string of the molecule is CNC(C)CCCCSCC(C)CO. The van der Waals surface area contributed by atoms with Gasteiger partial charge in [0.2, 0.25) is 0 Å². The van der Waals surface area contributed by atoms with Crippen LogP contribution >= 0.6 is 11.8 Å². The van der Waals surface area contributed by atoms with Crippen molar-refractivity contribution in [3.63, 3.8) is 0 Å². The van der Waals surface area contributed by atoms with Gasteiger partial charge in [0.15, 0.2) is 0 Å². The third-order valence-electron chi connectivity index (χ3n) is 2.38. The zero-order valence-electron chi connectivity index (χ0n) is 9.75. The first-order valence-electron chi connectivity index (χ1n) is 5.56. The van der Waals surface area contributed by atoms with Crippen LogP contribution in [0.4, 0.5) is 0 Å². The van der Waals surface area contributed by atoms with Gasteiger partial charge in [0, 0.05) is 12.6 Å². The predicted molar refractivity (Wildman–Crippen MR) is 65.9 cm³/mol. The Bertz CT molecular complexity index is 108. The molecule has 0 aromatic heterocycles. The molecule has 0 bridgehead atoms. The minimum absolute atomic E-state index is 0.323. The van der Waals surface area contributed by atoms with E-state index in [4.69, 9.17) is 5.11 Å². The van der Waals surface area contributed by atoms with Gasteiger partial charge in [-0.3, -0.25) is 0 Å². The van der Waals surface area contributed by atoms with E-state index in [0.717, 1.165) is 5.75 Å². The van der Waals surface area contributed by atoms with Crippen molar-refractivity contribution in [1.82, 2.24) is 5.32 Å². The number of nitrogens with one attached hydrogen (secondary N) is 1. The quantitative estimate of drug-likeness (QED) is 0.583. The summed E-state index contributed by atoms with van der Waals surface area (Å²) in [5.74, 6) is 2.79. The summed E-state index contributed by atoms with van der Waals surface area (Å²) >= 11 is 1.96. The van der Waals surface area contributed by atoms with Crippen LogP contribution < -0.4 is 5.32 Å². The Kier molecular flexibility index (Phi) is 10.0. The summed E-state index contributed by atoms with van der Waals surface area (Å²) in [6.45, 7) is 4.64. The van der Waals surface area contributed by atoms with E-state index in [0.29, 0.717) is 18.6 Å². The molecule has 2 atom stereocenters. The van der Waals surface area contributed by atoms with Gasteiger partial charge < -0.3 is 10.4 Å². The second kappa shape index (κ2) is 9.81. The van der Waals surface area contributed by atoms with Gasteiger partial charge in [-0.05, 0) is 44.2 Å². The third kappa shape index (κ3) is 8.85. The monoisotopic (exact) mass is 219 g/mol. The van der Waals surface area contributed by atoms with Gasteiger partial charge in [-0.25, -0.2) is 0 Å². The minimum atomic E-state index is 0.323. The molecule has 0 spiro atoms. The van der Waals surface area contributed by atoms with Gasteiger partial charge in [-0.15, -0.1) is 0 Å². The smallest absolute Gasteiger partial charge is 0.0464 e. The molecule has 0 aliphatic carbocycles. The molecule has 0 amide bonds. The van der Waals surface area contributed by atoms with E-state index >= 15 is 0 Å². The lowest BCUT2D eigenvalue weighted by Gasteiger charge is -2.10. The summed E-state index contributed by atoms with van der Waals surface area (Å²) in [6, 6.07) is 0.649. The summed E-state index contributed by atoms with van der Waals surface area (Å²) < 4.78 is 0. The lowest BCUT2D eigenvalue weighted by molar-refractivity contribution is 0.250. The number of rotatable bonds is 9. The topological polar surface area (TPSA) is 32.3 Å². The molecule has 0 saturated carbocycles. The molecule has 0 radical (unpaired) electrons. The molecule has 2 unspecified atom stereocenters. The molecular formula is C11H25NOS. The Hall–Kier alpha value is 0.270. The second-order valence-electron chi connectivity index (χ2n) is 4.05. The van der Waals surface area contributed by atoms with Crippen molar-refractivity contribution >= 4 is 11.8 Å². The molecule has 14 heavy (non-hydrogen) atoms. The highest BCUT2D eigenvalue weighted by Crippen LogP contribution is 2.11. The maximum absolute atomic E-state index is 8.82. The van der Waals surface area contributed by atoms with E-state index in [1.165, 1.54) is 25.0 Å². The first-order valence-corrected chi connectivity index (χ1v) is 6.72. The summed E-state index contributed by atoms with van der Waals surface area (Å²) in [6.07, 6.45) is 3.88. The van der Waals surface area contributed by atoms with Crippen molar-refractivity contribution in [3.05, 3.63) is 0 Å². The molecule has 0 saturated heterocycles. The van der Waals surface area contributed by atoms with Gasteiger partial charge in [0.25, 0.3) is 0 Å². The Morgan fingerprint density at radius 2 is 2.00 bits per heavy atom. The van der Waals surface area contributed by atoms with Crippen LogP contribution in [-0.2, 0) is 0 Å². The maximum Gasteiger partial charge on any atom is 0.0464 e. The Balaban J connectivity index is 3.06. The fourth-order valence-electron chi connectivity index (χ4n) is 1.14. The average molecular weight is 219 g/mol. The summed E-state index contributed by atoms with van der Waals surface area (Å²) in [4.78, 5) is 0. The van der Waals surface area contributed by atoms with Gasteiger partial charge in [0.05, 0.1) is 0 Å². The molecule has 0 aliphatic heterocycles. The normalized spacial score (nSPS) is 15.4. The zero-order chi connectivity index (χ0) is 10.8. The minimum Gasteiger partial charge on any atom is -0.396 e. The zero-order valence-corrected chi connectivity index (χ0v) is 10.6. The largest absolute Gasteiger partial charge is 0.396 e. The molecular weight excluding hydrogens is 194 g/mol. The van der Waals surface area contributed by atoms with E-state index in [-0.39, 0.29) is 0 Å². The first kappa shape index (κ1) is 14.3. The molecule has 3 heteroatoms. The first-order chi connectivity index (χ1) is 6.70. The standard InChI is InChI=1S/C11H25NOS/c1-10(8-13)9-14-7-5-4-6-11(2)12-3/h10-13H,4-9H2,1-3H3. The van der Waals surface area contributed by atoms with Crippen molar-refractivity contribution < 1.29 is 5.11 Å². The number of unbranched alkanes of at least 4 members (excludes halogenated alkanes) is 1. The van der Waals surface area contributed by atoms with Crippen LogP contribution in [0.5, 0.6) is 0 Å². The summed E-state index contributed by atoms with van der Waals surface area (Å²) in [7, 11) is 2.02. The molecule has 0 aromatic rings. The van der Waals surface area contributed by atoms with Crippen molar-refractivity contribution in [2.75, 3.05) is 25.2 Å². The van der Waals surface area contributed by atoms with E-state index in [2.05, 4.69) is 19.2 Å². The Labute approximate surface area is 92.9 Å². The molecule has 0 fully saturated rings. The van der Waals surface area contributed by atoms with Gasteiger partial charge in [-0.1, -0.05) is 13.3 Å². The fourth-order valence-corrected chi connectivity index (χ4v) is 2.22. The van der Waals surface area contributed by atoms with Crippen LogP contribution in [0.25, 0.3) is 0 Å². The Morgan fingerprint density at radius 1 is 1.29 bits per heavy atom. The average Bonchev–Trinajstić information content (AvgIpc) is 2.22. The number of thioether (sulfide) groups is 1. The van der Waals surface area contributed by atoms with E-state index in [1.807, 2.05) is 18.8 Å². The highest BCUT2D eigenvalue weighted by atomic mass is 32.2. The number of aliphatic hydroxyl groups excluding tert-OH is 1.